The number of carboxylic acid groups (broad SMARTS) is 1. The van der Waals surface area contributed by atoms with Gasteiger partial charge in [-0.05, 0) is 61.9 Å². The van der Waals surface area contributed by atoms with Gasteiger partial charge in [-0.1, -0.05) is 35.9 Å². The Morgan fingerprint density at radius 1 is 0.941 bits per heavy atom. The molecule has 0 heterocycles. The summed E-state index contributed by atoms with van der Waals surface area (Å²) in [6.07, 6.45) is 0. The minimum absolute atomic E-state index is 0.0176. The average Bonchev–Trinajstić information content (AvgIpc) is 2.80. The van der Waals surface area contributed by atoms with Crippen molar-refractivity contribution >= 4 is 22.0 Å². The minimum Gasteiger partial charge on any atom is -0.478 e. The molecular weight excluding hydrogens is 458 g/mol. The molecule has 178 valence electrons. The molecule has 0 spiro atoms. The van der Waals surface area contributed by atoms with E-state index in [0.717, 1.165) is 9.87 Å². The molecule has 0 atom stereocenters. The van der Waals surface area contributed by atoms with E-state index < -0.39 is 28.5 Å². The van der Waals surface area contributed by atoms with Crippen molar-refractivity contribution in [2.45, 2.75) is 25.3 Å². The number of aryl methyl sites for hydroxylation is 1. The number of aromatic carboxylic acids is 1. The van der Waals surface area contributed by atoms with Crippen molar-refractivity contribution in [1.82, 2.24) is 4.31 Å². The van der Waals surface area contributed by atoms with Gasteiger partial charge in [0.05, 0.1) is 17.1 Å². The number of hydrogen-bond donors (Lipinski definition) is 1. The third kappa shape index (κ3) is 6.21. The number of benzene rings is 3. The summed E-state index contributed by atoms with van der Waals surface area (Å²) < 4.78 is 38.4. The van der Waals surface area contributed by atoms with Gasteiger partial charge in [0.15, 0.2) is 0 Å². The Labute approximate surface area is 198 Å². The van der Waals surface area contributed by atoms with Crippen LogP contribution in [0.4, 0.5) is 0 Å². The predicted molar refractivity (Wildman–Crippen MR) is 125 cm³/mol. The summed E-state index contributed by atoms with van der Waals surface area (Å²) in [4.78, 5) is 24.1. The first kappa shape index (κ1) is 24.9. The molecule has 3 rings (SSSR count). The highest BCUT2D eigenvalue weighted by molar-refractivity contribution is 7.89. The summed E-state index contributed by atoms with van der Waals surface area (Å²) in [5, 5.41) is 9.68. The van der Waals surface area contributed by atoms with Gasteiger partial charge >= 0.3 is 11.9 Å². The van der Waals surface area contributed by atoms with Crippen LogP contribution in [0, 0.1) is 6.92 Å². The lowest BCUT2D eigenvalue weighted by Gasteiger charge is -2.22. The molecule has 0 fully saturated rings. The predicted octanol–water partition coefficient (Wildman–Crippen LogP) is 4.24. The molecule has 0 aromatic heterocycles. The van der Waals surface area contributed by atoms with Gasteiger partial charge in [-0.3, -0.25) is 4.79 Å². The topological polar surface area (TPSA) is 110 Å². The Kier molecular flexibility index (Phi) is 8.04. The maximum Gasteiger partial charge on any atom is 0.336 e. The van der Waals surface area contributed by atoms with Gasteiger partial charge in [0.1, 0.15) is 18.0 Å². The van der Waals surface area contributed by atoms with Crippen LogP contribution in [-0.4, -0.2) is 42.9 Å². The monoisotopic (exact) mass is 483 g/mol. The Hall–Kier alpha value is -3.69. The molecule has 0 unspecified atom stereocenters. The molecule has 0 amide bonds. The van der Waals surface area contributed by atoms with E-state index in [1.165, 1.54) is 30.3 Å². The summed E-state index contributed by atoms with van der Waals surface area (Å²) in [5.41, 5.74) is 0.934. The first-order chi connectivity index (χ1) is 16.2. The second-order valence-electron chi connectivity index (χ2n) is 7.43. The number of nitrogens with zero attached hydrogens (tertiary/aromatic N) is 1. The van der Waals surface area contributed by atoms with Crippen LogP contribution >= 0.6 is 0 Å². The van der Waals surface area contributed by atoms with E-state index in [-0.39, 0.29) is 29.2 Å². The van der Waals surface area contributed by atoms with Gasteiger partial charge in [-0.2, -0.15) is 4.31 Å². The quantitative estimate of drug-likeness (QED) is 0.430. The van der Waals surface area contributed by atoms with Gasteiger partial charge in [0.25, 0.3) is 0 Å². The smallest absolute Gasteiger partial charge is 0.336 e. The van der Waals surface area contributed by atoms with E-state index in [1.807, 2.05) is 13.0 Å². The third-order valence-electron chi connectivity index (χ3n) is 4.90. The molecule has 0 saturated heterocycles. The van der Waals surface area contributed by atoms with Crippen LogP contribution < -0.4 is 4.74 Å². The Morgan fingerprint density at radius 2 is 1.62 bits per heavy atom. The largest absolute Gasteiger partial charge is 0.478 e. The molecular formula is C25H25NO7S. The number of ether oxygens (including phenoxy) is 2. The zero-order chi connectivity index (χ0) is 24.7. The summed E-state index contributed by atoms with van der Waals surface area (Å²) in [7, 11) is -4.14. The van der Waals surface area contributed by atoms with Crippen LogP contribution in [0.15, 0.2) is 77.7 Å². The molecule has 0 bridgehead atoms. The van der Waals surface area contributed by atoms with E-state index >= 15 is 0 Å². The number of rotatable bonds is 10. The van der Waals surface area contributed by atoms with Crippen molar-refractivity contribution < 1.29 is 32.6 Å². The Balaban J connectivity index is 2.01. The standard InChI is InChI=1S/C25H25NO7S/c1-3-32-24(27)17-26(34(30,31)22-12-9-18(2)10-13-22)16-19-15-21(11-14-23(19)25(28)29)33-20-7-5-4-6-8-20/h4-15H,3,16-17H2,1-2H3,(H,28,29). The number of carbonyl (C=O) groups excluding carboxylic acids is 1. The first-order valence-electron chi connectivity index (χ1n) is 10.5. The highest BCUT2D eigenvalue weighted by atomic mass is 32.2. The van der Waals surface area contributed by atoms with E-state index in [1.54, 1.807) is 43.3 Å². The number of esters is 1. The minimum atomic E-state index is -4.14. The lowest BCUT2D eigenvalue weighted by molar-refractivity contribution is -0.143. The fraction of sp³-hybridized carbons (Fsp3) is 0.200. The molecule has 3 aromatic carbocycles. The van der Waals surface area contributed by atoms with Crippen LogP contribution in [-0.2, 0) is 26.1 Å². The second-order valence-corrected chi connectivity index (χ2v) is 9.37. The van der Waals surface area contributed by atoms with Gasteiger partial charge in [-0.15, -0.1) is 0 Å². The van der Waals surface area contributed by atoms with Crippen LogP contribution in [0.5, 0.6) is 11.5 Å². The van der Waals surface area contributed by atoms with E-state index in [0.29, 0.717) is 11.5 Å². The zero-order valence-corrected chi connectivity index (χ0v) is 19.6. The average molecular weight is 484 g/mol. The Bertz CT molecular complexity index is 1260. The lowest BCUT2D eigenvalue weighted by atomic mass is 10.1. The summed E-state index contributed by atoms with van der Waals surface area (Å²) in [5.74, 6) is -1.11. The van der Waals surface area contributed by atoms with E-state index in [2.05, 4.69) is 0 Å². The van der Waals surface area contributed by atoms with Gasteiger partial charge in [-0.25, -0.2) is 13.2 Å². The highest BCUT2D eigenvalue weighted by Gasteiger charge is 2.29. The van der Waals surface area contributed by atoms with Crippen LogP contribution in [0.25, 0.3) is 0 Å². The van der Waals surface area contributed by atoms with Crippen molar-refractivity contribution in [2.24, 2.45) is 0 Å². The van der Waals surface area contributed by atoms with Crippen molar-refractivity contribution in [3.05, 3.63) is 89.5 Å². The number of hydrogen-bond acceptors (Lipinski definition) is 6. The second kappa shape index (κ2) is 11.0. The zero-order valence-electron chi connectivity index (χ0n) is 18.8. The highest BCUT2D eigenvalue weighted by Crippen LogP contribution is 2.27. The molecule has 0 radical (unpaired) electrons. The van der Waals surface area contributed by atoms with E-state index in [4.69, 9.17) is 9.47 Å². The molecule has 0 aliphatic rings. The number of carbonyl (C=O) groups is 2. The SMILES string of the molecule is CCOC(=O)CN(Cc1cc(Oc2ccccc2)ccc1C(=O)O)S(=O)(=O)c1ccc(C)cc1. The molecule has 0 saturated carbocycles. The first-order valence-corrected chi connectivity index (χ1v) is 12.0. The van der Waals surface area contributed by atoms with Crippen LogP contribution in [0.1, 0.15) is 28.4 Å². The third-order valence-corrected chi connectivity index (χ3v) is 6.71. The molecule has 0 aliphatic carbocycles. The summed E-state index contributed by atoms with van der Waals surface area (Å²) >= 11 is 0. The molecule has 34 heavy (non-hydrogen) atoms. The van der Waals surface area contributed by atoms with Gasteiger partial charge in [0.2, 0.25) is 10.0 Å². The maximum atomic E-state index is 13.4. The van der Waals surface area contributed by atoms with E-state index in [9.17, 15) is 23.1 Å². The molecule has 0 aliphatic heterocycles. The van der Waals surface area contributed by atoms with Crippen molar-refractivity contribution in [2.75, 3.05) is 13.2 Å². The van der Waals surface area contributed by atoms with Crippen molar-refractivity contribution in [1.29, 1.82) is 0 Å². The molecule has 3 aromatic rings. The lowest BCUT2D eigenvalue weighted by Crippen LogP contribution is -2.36. The van der Waals surface area contributed by atoms with Crippen LogP contribution in [0.2, 0.25) is 0 Å². The number of para-hydroxylation sites is 1. The van der Waals surface area contributed by atoms with Crippen LogP contribution in [0.3, 0.4) is 0 Å². The molecule has 8 nitrogen and oxygen atoms in total. The number of carboxylic acids is 1. The Morgan fingerprint density at radius 3 is 2.24 bits per heavy atom. The van der Waals surface area contributed by atoms with Gasteiger partial charge in [0, 0.05) is 6.54 Å². The molecule has 1 N–H and O–H groups in total. The van der Waals surface area contributed by atoms with Crippen molar-refractivity contribution in [3.63, 3.8) is 0 Å². The maximum absolute atomic E-state index is 13.4. The number of sulfonamides is 1. The normalized spacial score (nSPS) is 11.3. The fourth-order valence-corrected chi connectivity index (χ4v) is 4.59. The van der Waals surface area contributed by atoms with Crippen molar-refractivity contribution in [3.8, 4) is 11.5 Å². The molecule has 9 heteroatoms. The van der Waals surface area contributed by atoms with Gasteiger partial charge < -0.3 is 14.6 Å². The summed E-state index contributed by atoms with van der Waals surface area (Å²) in [6.45, 7) is 2.57. The summed E-state index contributed by atoms with van der Waals surface area (Å²) in [6, 6.07) is 19.3. The fourth-order valence-electron chi connectivity index (χ4n) is 3.22.